The Morgan fingerprint density at radius 2 is 1.95 bits per heavy atom. The smallest absolute Gasteiger partial charge is 0.353 e. The van der Waals surface area contributed by atoms with E-state index in [4.69, 9.17) is 4.74 Å². The van der Waals surface area contributed by atoms with Crippen molar-refractivity contribution in [2.45, 2.75) is 0 Å². The minimum absolute atomic E-state index is 0.140. The lowest BCUT2D eigenvalue weighted by Gasteiger charge is -2.09. The van der Waals surface area contributed by atoms with Gasteiger partial charge in [0.25, 0.3) is 0 Å². The van der Waals surface area contributed by atoms with Crippen molar-refractivity contribution in [3.63, 3.8) is 0 Å². The molecule has 8 nitrogen and oxygen atoms in total. The van der Waals surface area contributed by atoms with Gasteiger partial charge in [-0.05, 0) is 46.9 Å². The number of aromatic nitrogens is 2. The van der Waals surface area contributed by atoms with Crippen LogP contribution in [0.5, 0.6) is 0 Å². The molecule has 1 heterocycles. The van der Waals surface area contributed by atoms with Gasteiger partial charge in [0.1, 0.15) is 6.33 Å². The minimum Gasteiger partial charge on any atom is -0.383 e. The molecular formula is C13H14IN5O3. The maximum absolute atomic E-state index is 11.3. The Morgan fingerprint density at radius 3 is 2.59 bits per heavy atom. The fourth-order valence-corrected chi connectivity index (χ4v) is 2.07. The number of nitrogens with zero attached hydrogens (tertiary/aromatic N) is 3. The summed E-state index contributed by atoms with van der Waals surface area (Å²) in [6.45, 7) is 0.832. The first-order chi connectivity index (χ1) is 10.6. The molecule has 0 aliphatic heterocycles. The van der Waals surface area contributed by atoms with E-state index in [0.717, 1.165) is 3.57 Å². The SMILES string of the molecule is COCCNc1ncnc(Nc2ccc(I)cc2)c1[N+](=O)[O-]. The molecule has 0 fully saturated rings. The molecule has 2 rings (SSSR count). The maximum atomic E-state index is 11.3. The van der Waals surface area contributed by atoms with Gasteiger partial charge in [0, 0.05) is 22.9 Å². The molecule has 116 valence electrons. The van der Waals surface area contributed by atoms with Gasteiger partial charge in [0.15, 0.2) is 0 Å². The molecule has 0 amide bonds. The normalized spacial score (nSPS) is 10.3. The highest BCUT2D eigenvalue weighted by Crippen LogP contribution is 2.31. The van der Waals surface area contributed by atoms with Crippen molar-refractivity contribution in [1.29, 1.82) is 0 Å². The average molecular weight is 415 g/mol. The van der Waals surface area contributed by atoms with E-state index >= 15 is 0 Å². The molecule has 0 saturated heterocycles. The lowest BCUT2D eigenvalue weighted by atomic mass is 10.3. The van der Waals surface area contributed by atoms with Crippen molar-refractivity contribution in [3.05, 3.63) is 44.3 Å². The van der Waals surface area contributed by atoms with Gasteiger partial charge in [-0.1, -0.05) is 0 Å². The summed E-state index contributed by atoms with van der Waals surface area (Å²) in [6.07, 6.45) is 1.27. The highest BCUT2D eigenvalue weighted by atomic mass is 127. The van der Waals surface area contributed by atoms with Crippen molar-refractivity contribution in [3.8, 4) is 0 Å². The molecule has 0 atom stereocenters. The number of hydrogen-bond donors (Lipinski definition) is 2. The molecule has 2 N–H and O–H groups in total. The van der Waals surface area contributed by atoms with Crippen molar-refractivity contribution in [2.75, 3.05) is 30.9 Å². The number of ether oxygens (including phenoxy) is 1. The number of hydrogen-bond acceptors (Lipinski definition) is 7. The van der Waals surface area contributed by atoms with E-state index in [2.05, 4.69) is 43.2 Å². The zero-order valence-electron chi connectivity index (χ0n) is 11.7. The summed E-state index contributed by atoms with van der Waals surface area (Å²) in [5.74, 6) is 0.297. The summed E-state index contributed by atoms with van der Waals surface area (Å²) in [4.78, 5) is 18.7. The molecule has 22 heavy (non-hydrogen) atoms. The summed E-state index contributed by atoms with van der Waals surface area (Å²) in [5.41, 5.74) is 0.516. The van der Waals surface area contributed by atoms with Gasteiger partial charge >= 0.3 is 5.69 Å². The molecule has 0 saturated carbocycles. The van der Waals surface area contributed by atoms with E-state index in [1.54, 1.807) is 7.11 Å². The van der Waals surface area contributed by atoms with Gasteiger partial charge in [-0.2, -0.15) is 0 Å². The third kappa shape index (κ3) is 4.24. The first-order valence-corrected chi connectivity index (χ1v) is 7.44. The van der Waals surface area contributed by atoms with E-state index < -0.39 is 4.92 Å². The lowest BCUT2D eigenvalue weighted by Crippen LogP contribution is -2.12. The third-order valence-electron chi connectivity index (χ3n) is 2.71. The highest BCUT2D eigenvalue weighted by molar-refractivity contribution is 14.1. The molecule has 1 aromatic carbocycles. The van der Waals surface area contributed by atoms with Crippen LogP contribution in [-0.4, -0.2) is 35.2 Å². The molecule has 0 aliphatic carbocycles. The predicted octanol–water partition coefficient (Wildman–Crippen LogP) is 2.79. The molecule has 1 aromatic heterocycles. The van der Waals surface area contributed by atoms with Crippen LogP contribution in [0.3, 0.4) is 0 Å². The van der Waals surface area contributed by atoms with Crippen molar-refractivity contribution < 1.29 is 9.66 Å². The number of anilines is 3. The van der Waals surface area contributed by atoms with Crippen LogP contribution in [0.15, 0.2) is 30.6 Å². The van der Waals surface area contributed by atoms with E-state index in [1.165, 1.54) is 6.33 Å². The van der Waals surface area contributed by atoms with Crippen LogP contribution in [0.4, 0.5) is 23.0 Å². The van der Waals surface area contributed by atoms with Crippen LogP contribution in [0.25, 0.3) is 0 Å². The second-order valence-electron chi connectivity index (χ2n) is 4.23. The number of methoxy groups -OCH3 is 1. The Kier molecular flexibility index (Phi) is 5.83. The standard InChI is InChI=1S/C13H14IN5O3/c1-22-7-6-15-12-11(19(20)21)13(17-8-16-12)18-10-4-2-9(14)3-5-10/h2-5,8H,6-7H2,1H3,(H2,15,16,17,18). The average Bonchev–Trinajstić information content (AvgIpc) is 2.50. The molecule has 9 heteroatoms. The third-order valence-corrected chi connectivity index (χ3v) is 3.43. The number of rotatable bonds is 7. The second kappa shape index (κ2) is 7.84. The van der Waals surface area contributed by atoms with E-state index in [1.807, 2.05) is 24.3 Å². The number of benzene rings is 1. The van der Waals surface area contributed by atoms with Crippen LogP contribution < -0.4 is 10.6 Å². The molecule has 0 bridgehead atoms. The van der Waals surface area contributed by atoms with Crippen LogP contribution in [-0.2, 0) is 4.74 Å². The zero-order valence-corrected chi connectivity index (χ0v) is 13.9. The number of nitrogens with one attached hydrogen (secondary N) is 2. The van der Waals surface area contributed by atoms with Crippen LogP contribution in [0, 0.1) is 13.7 Å². The molecule has 0 unspecified atom stereocenters. The van der Waals surface area contributed by atoms with E-state index in [9.17, 15) is 10.1 Å². The Morgan fingerprint density at radius 1 is 1.27 bits per heavy atom. The van der Waals surface area contributed by atoms with Crippen molar-refractivity contribution in [2.24, 2.45) is 0 Å². The molecule has 0 aliphatic rings. The van der Waals surface area contributed by atoms with Gasteiger partial charge in [0.2, 0.25) is 11.6 Å². The Balaban J connectivity index is 2.27. The zero-order chi connectivity index (χ0) is 15.9. The number of halogens is 1. The van der Waals surface area contributed by atoms with Crippen LogP contribution in [0.1, 0.15) is 0 Å². The van der Waals surface area contributed by atoms with E-state index in [-0.39, 0.29) is 17.3 Å². The Labute approximate surface area is 140 Å². The fourth-order valence-electron chi connectivity index (χ4n) is 1.71. The lowest BCUT2D eigenvalue weighted by molar-refractivity contribution is -0.383. The van der Waals surface area contributed by atoms with Crippen molar-refractivity contribution >= 4 is 45.6 Å². The number of nitro groups is 1. The first-order valence-electron chi connectivity index (χ1n) is 6.36. The van der Waals surface area contributed by atoms with Crippen LogP contribution in [0.2, 0.25) is 0 Å². The van der Waals surface area contributed by atoms with E-state index in [0.29, 0.717) is 18.8 Å². The summed E-state index contributed by atoms with van der Waals surface area (Å²) in [6, 6.07) is 7.44. The predicted molar refractivity (Wildman–Crippen MR) is 91.5 cm³/mol. The quantitative estimate of drug-likeness (QED) is 0.310. The maximum Gasteiger partial charge on any atom is 0.353 e. The largest absolute Gasteiger partial charge is 0.383 e. The second-order valence-corrected chi connectivity index (χ2v) is 5.47. The van der Waals surface area contributed by atoms with Gasteiger partial charge in [-0.3, -0.25) is 10.1 Å². The van der Waals surface area contributed by atoms with Gasteiger partial charge in [0.05, 0.1) is 11.5 Å². The molecule has 2 aromatic rings. The van der Waals surface area contributed by atoms with Gasteiger partial charge in [-0.25, -0.2) is 9.97 Å². The highest BCUT2D eigenvalue weighted by Gasteiger charge is 2.22. The van der Waals surface area contributed by atoms with Gasteiger partial charge in [-0.15, -0.1) is 0 Å². The summed E-state index contributed by atoms with van der Waals surface area (Å²) < 4.78 is 5.98. The van der Waals surface area contributed by atoms with Crippen molar-refractivity contribution in [1.82, 2.24) is 9.97 Å². The van der Waals surface area contributed by atoms with Gasteiger partial charge < -0.3 is 15.4 Å². The molecular weight excluding hydrogens is 401 g/mol. The molecule has 0 spiro atoms. The monoisotopic (exact) mass is 415 g/mol. The fraction of sp³-hybridized carbons (Fsp3) is 0.231. The summed E-state index contributed by atoms with van der Waals surface area (Å²) in [5, 5.41) is 17.1. The minimum atomic E-state index is -0.510. The Bertz CT molecular complexity index is 651. The first kappa shape index (κ1) is 16.4. The van der Waals surface area contributed by atoms with Crippen LogP contribution >= 0.6 is 22.6 Å². The Hall–Kier alpha value is -2.01. The summed E-state index contributed by atoms with van der Waals surface area (Å²) in [7, 11) is 1.56. The topological polar surface area (TPSA) is 102 Å². The molecule has 0 radical (unpaired) electrons. The summed E-state index contributed by atoms with van der Waals surface area (Å²) >= 11 is 2.19.